The van der Waals surface area contributed by atoms with E-state index in [1.165, 1.54) is 0 Å². The van der Waals surface area contributed by atoms with Crippen LogP contribution in [0.1, 0.15) is 40.5 Å². The van der Waals surface area contributed by atoms with E-state index in [4.69, 9.17) is 4.74 Å². The minimum atomic E-state index is -0.782. The smallest absolute Gasteiger partial charge is 0.248 e. The number of hydrogen-bond donors (Lipinski definition) is 1. The van der Waals surface area contributed by atoms with Crippen LogP contribution in [0.25, 0.3) is 0 Å². The van der Waals surface area contributed by atoms with Crippen molar-refractivity contribution in [2.75, 3.05) is 13.7 Å². The molecule has 104 valence electrons. The number of rotatable bonds is 5. The molecule has 0 spiro atoms. The van der Waals surface area contributed by atoms with Crippen LogP contribution in [-0.4, -0.2) is 48.1 Å². The summed E-state index contributed by atoms with van der Waals surface area (Å²) in [5.41, 5.74) is -0.782. The molecule has 1 heterocycles. The molecule has 1 fully saturated rings. The predicted molar refractivity (Wildman–Crippen MR) is 69.1 cm³/mol. The molecule has 5 nitrogen and oxygen atoms in total. The zero-order chi connectivity index (χ0) is 13.9. The molecule has 18 heavy (non-hydrogen) atoms. The minimum absolute atomic E-state index is 0.0136. The van der Waals surface area contributed by atoms with Gasteiger partial charge in [-0.05, 0) is 26.7 Å². The highest BCUT2D eigenvalue weighted by Crippen LogP contribution is 2.23. The highest BCUT2D eigenvalue weighted by Gasteiger charge is 2.46. The molecule has 0 radical (unpaired) electrons. The van der Waals surface area contributed by atoms with Gasteiger partial charge in [0.1, 0.15) is 11.6 Å². The van der Waals surface area contributed by atoms with E-state index >= 15 is 0 Å². The number of piperazine rings is 1. The Kier molecular flexibility index (Phi) is 4.73. The lowest BCUT2D eigenvalue weighted by Gasteiger charge is -2.44. The number of carbonyl (C=O) groups excluding carboxylic acids is 2. The Morgan fingerprint density at radius 1 is 1.44 bits per heavy atom. The van der Waals surface area contributed by atoms with E-state index in [0.29, 0.717) is 19.4 Å². The van der Waals surface area contributed by atoms with Gasteiger partial charge in [0.2, 0.25) is 11.8 Å². The van der Waals surface area contributed by atoms with Gasteiger partial charge in [0, 0.05) is 13.7 Å². The Morgan fingerprint density at radius 2 is 2.06 bits per heavy atom. The number of methoxy groups -OCH3 is 1. The summed E-state index contributed by atoms with van der Waals surface area (Å²) in [5, 5.41) is 2.84. The number of amides is 2. The van der Waals surface area contributed by atoms with Gasteiger partial charge in [-0.3, -0.25) is 9.59 Å². The molecule has 0 aromatic heterocycles. The van der Waals surface area contributed by atoms with Crippen molar-refractivity contribution in [1.29, 1.82) is 0 Å². The summed E-state index contributed by atoms with van der Waals surface area (Å²) in [7, 11) is 1.61. The lowest BCUT2D eigenvalue weighted by molar-refractivity contribution is -0.156. The van der Waals surface area contributed by atoms with E-state index in [-0.39, 0.29) is 24.0 Å². The molecule has 1 aliphatic rings. The second-order valence-corrected chi connectivity index (χ2v) is 5.10. The number of ether oxygens (including phenoxy) is 1. The molecule has 2 amide bonds. The monoisotopic (exact) mass is 256 g/mol. The average Bonchev–Trinajstić information content (AvgIpc) is 2.35. The first-order valence-electron chi connectivity index (χ1n) is 6.55. The molecule has 0 saturated carbocycles. The summed E-state index contributed by atoms with van der Waals surface area (Å²) in [5.74, 6) is -0.0786. The van der Waals surface area contributed by atoms with Gasteiger partial charge in [0.15, 0.2) is 0 Å². The molecule has 1 rings (SSSR count). The highest BCUT2D eigenvalue weighted by molar-refractivity contribution is 5.99. The fraction of sp³-hybridized carbons (Fsp3) is 0.846. The highest BCUT2D eigenvalue weighted by atomic mass is 16.5. The molecule has 0 aromatic rings. The lowest BCUT2D eigenvalue weighted by Crippen LogP contribution is -2.69. The van der Waals surface area contributed by atoms with Crippen LogP contribution in [0.2, 0.25) is 0 Å². The number of carbonyl (C=O) groups is 2. The molecule has 5 heteroatoms. The zero-order valence-corrected chi connectivity index (χ0v) is 11.9. The zero-order valence-electron chi connectivity index (χ0n) is 11.9. The van der Waals surface area contributed by atoms with Crippen molar-refractivity contribution in [3.05, 3.63) is 0 Å². The van der Waals surface area contributed by atoms with Crippen molar-refractivity contribution >= 4 is 11.8 Å². The Labute approximate surface area is 109 Å². The molecular formula is C13H24N2O3. The molecule has 1 aliphatic heterocycles. The normalized spacial score (nSPS) is 30.3. The van der Waals surface area contributed by atoms with Gasteiger partial charge in [0.05, 0.1) is 6.10 Å². The van der Waals surface area contributed by atoms with Gasteiger partial charge in [0.25, 0.3) is 0 Å². The van der Waals surface area contributed by atoms with Crippen LogP contribution < -0.4 is 5.32 Å². The van der Waals surface area contributed by atoms with Crippen molar-refractivity contribution in [1.82, 2.24) is 10.2 Å². The van der Waals surface area contributed by atoms with Gasteiger partial charge < -0.3 is 15.0 Å². The molecule has 3 atom stereocenters. The Balaban J connectivity index is 2.98. The van der Waals surface area contributed by atoms with E-state index in [1.54, 1.807) is 18.9 Å². The van der Waals surface area contributed by atoms with Crippen molar-refractivity contribution in [3.8, 4) is 0 Å². The summed E-state index contributed by atoms with van der Waals surface area (Å²) >= 11 is 0. The molecule has 1 saturated heterocycles. The van der Waals surface area contributed by atoms with Crippen LogP contribution in [0.3, 0.4) is 0 Å². The molecule has 0 aliphatic carbocycles. The summed E-state index contributed by atoms with van der Waals surface area (Å²) in [4.78, 5) is 26.2. The quantitative estimate of drug-likeness (QED) is 0.796. The maximum absolute atomic E-state index is 12.5. The van der Waals surface area contributed by atoms with E-state index in [9.17, 15) is 9.59 Å². The van der Waals surface area contributed by atoms with Gasteiger partial charge in [-0.2, -0.15) is 0 Å². The first-order chi connectivity index (χ1) is 8.39. The Bertz CT molecular complexity index is 332. The topological polar surface area (TPSA) is 58.6 Å². The standard InChI is InChI=1S/C13H24N2O3/c1-6-10-11(16)14-13(4,7-2)12(17)15(10)8-9(3)18-5/h9-10H,6-8H2,1-5H3,(H,14,16). The number of nitrogens with one attached hydrogen (secondary N) is 1. The predicted octanol–water partition coefficient (Wildman–Crippen LogP) is 0.927. The molecule has 0 aromatic carbocycles. The maximum Gasteiger partial charge on any atom is 0.248 e. The summed E-state index contributed by atoms with van der Waals surface area (Å²) in [6.07, 6.45) is 1.13. The van der Waals surface area contributed by atoms with E-state index < -0.39 is 5.54 Å². The average molecular weight is 256 g/mol. The molecule has 3 unspecified atom stereocenters. The first-order valence-corrected chi connectivity index (χ1v) is 6.55. The van der Waals surface area contributed by atoms with Crippen molar-refractivity contribution < 1.29 is 14.3 Å². The van der Waals surface area contributed by atoms with E-state index in [2.05, 4.69) is 5.32 Å². The van der Waals surface area contributed by atoms with Crippen LogP contribution >= 0.6 is 0 Å². The third kappa shape index (κ3) is 2.66. The van der Waals surface area contributed by atoms with Crippen molar-refractivity contribution in [3.63, 3.8) is 0 Å². The number of hydrogen-bond acceptors (Lipinski definition) is 3. The lowest BCUT2D eigenvalue weighted by atomic mass is 9.91. The maximum atomic E-state index is 12.5. The third-order valence-electron chi connectivity index (χ3n) is 3.76. The molecule has 0 bridgehead atoms. The summed E-state index contributed by atoms with van der Waals surface area (Å²) < 4.78 is 5.21. The second-order valence-electron chi connectivity index (χ2n) is 5.10. The van der Waals surface area contributed by atoms with Crippen LogP contribution in [0.4, 0.5) is 0 Å². The molecule has 1 N–H and O–H groups in total. The first kappa shape index (κ1) is 15.0. The molecular weight excluding hydrogens is 232 g/mol. The SMILES string of the molecule is CCC1C(=O)NC(C)(CC)C(=O)N1CC(C)OC. The van der Waals surface area contributed by atoms with Gasteiger partial charge in [-0.25, -0.2) is 0 Å². The largest absolute Gasteiger partial charge is 0.380 e. The Morgan fingerprint density at radius 3 is 2.50 bits per heavy atom. The van der Waals surface area contributed by atoms with E-state index in [0.717, 1.165) is 0 Å². The number of nitrogens with zero attached hydrogens (tertiary/aromatic N) is 1. The fourth-order valence-electron chi connectivity index (χ4n) is 2.22. The Hall–Kier alpha value is -1.10. The van der Waals surface area contributed by atoms with Gasteiger partial charge in [-0.15, -0.1) is 0 Å². The van der Waals surface area contributed by atoms with Gasteiger partial charge >= 0.3 is 0 Å². The van der Waals surface area contributed by atoms with Crippen LogP contribution in [0.15, 0.2) is 0 Å². The minimum Gasteiger partial charge on any atom is -0.380 e. The van der Waals surface area contributed by atoms with Crippen LogP contribution in [-0.2, 0) is 14.3 Å². The van der Waals surface area contributed by atoms with Crippen LogP contribution in [0.5, 0.6) is 0 Å². The van der Waals surface area contributed by atoms with Crippen molar-refractivity contribution in [2.45, 2.75) is 58.2 Å². The summed E-state index contributed by atoms with van der Waals surface area (Å²) in [6.45, 7) is 7.95. The summed E-state index contributed by atoms with van der Waals surface area (Å²) in [6, 6.07) is -0.380. The van der Waals surface area contributed by atoms with Crippen molar-refractivity contribution in [2.24, 2.45) is 0 Å². The van der Waals surface area contributed by atoms with Gasteiger partial charge in [-0.1, -0.05) is 13.8 Å². The second kappa shape index (κ2) is 5.69. The van der Waals surface area contributed by atoms with E-state index in [1.807, 2.05) is 20.8 Å². The third-order valence-corrected chi connectivity index (χ3v) is 3.76. The fourth-order valence-corrected chi connectivity index (χ4v) is 2.22. The van der Waals surface area contributed by atoms with Crippen LogP contribution in [0, 0.1) is 0 Å².